The van der Waals surface area contributed by atoms with Crippen molar-refractivity contribution in [3.8, 4) is 0 Å². The highest BCUT2D eigenvalue weighted by Crippen LogP contribution is 2.32. The standard InChI is InChI=1S/C23H21N3OS/c1-23(18-9-3-2-4-10-18,22(27)25-16-17-8-7-13-24-15-17)14-21-26-19-11-5-6-12-20(19)28-21/h2-13,15H,14,16H2,1H3,(H,25,27). The molecule has 4 rings (SSSR count). The topological polar surface area (TPSA) is 54.9 Å². The SMILES string of the molecule is CC(Cc1nc2ccccc2s1)(C(=O)NCc1cccnc1)c1ccccc1. The van der Waals surface area contributed by atoms with Gasteiger partial charge in [-0.05, 0) is 36.2 Å². The van der Waals surface area contributed by atoms with E-state index in [2.05, 4.69) is 16.4 Å². The van der Waals surface area contributed by atoms with Crippen LogP contribution in [0.25, 0.3) is 10.2 Å². The number of hydrogen-bond donors (Lipinski definition) is 1. The molecular formula is C23H21N3OS. The van der Waals surface area contributed by atoms with E-state index in [1.54, 1.807) is 23.7 Å². The minimum atomic E-state index is -0.711. The summed E-state index contributed by atoms with van der Waals surface area (Å²) >= 11 is 1.65. The second-order valence-corrected chi connectivity index (χ2v) is 8.11. The van der Waals surface area contributed by atoms with Crippen LogP contribution in [0.1, 0.15) is 23.1 Å². The first kappa shape index (κ1) is 18.3. The second-order valence-electron chi connectivity index (χ2n) is 6.99. The van der Waals surface area contributed by atoms with E-state index in [0.29, 0.717) is 13.0 Å². The van der Waals surface area contributed by atoms with Crippen molar-refractivity contribution in [2.75, 3.05) is 0 Å². The zero-order valence-corrected chi connectivity index (χ0v) is 16.4. The maximum Gasteiger partial charge on any atom is 0.231 e. The van der Waals surface area contributed by atoms with E-state index in [1.165, 1.54) is 0 Å². The number of nitrogens with zero attached hydrogens (tertiary/aromatic N) is 2. The Morgan fingerprint density at radius 3 is 2.57 bits per heavy atom. The van der Waals surface area contributed by atoms with Crippen LogP contribution in [0.2, 0.25) is 0 Å². The van der Waals surface area contributed by atoms with Crippen LogP contribution in [0.5, 0.6) is 0 Å². The fourth-order valence-electron chi connectivity index (χ4n) is 3.30. The van der Waals surface area contributed by atoms with Gasteiger partial charge in [0.25, 0.3) is 0 Å². The lowest BCUT2D eigenvalue weighted by molar-refractivity contribution is -0.126. The molecule has 0 radical (unpaired) electrons. The van der Waals surface area contributed by atoms with E-state index in [1.807, 2.05) is 67.6 Å². The Balaban J connectivity index is 1.63. The first-order valence-electron chi connectivity index (χ1n) is 9.22. The highest BCUT2D eigenvalue weighted by molar-refractivity contribution is 7.18. The molecule has 0 aliphatic carbocycles. The lowest BCUT2D eigenvalue weighted by Gasteiger charge is -2.28. The van der Waals surface area contributed by atoms with Crippen molar-refractivity contribution in [1.82, 2.24) is 15.3 Å². The van der Waals surface area contributed by atoms with Crippen LogP contribution in [0.15, 0.2) is 79.1 Å². The van der Waals surface area contributed by atoms with Gasteiger partial charge in [0, 0.05) is 25.4 Å². The van der Waals surface area contributed by atoms with Gasteiger partial charge in [0.2, 0.25) is 5.91 Å². The van der Waals surface area contributed by atoms with Gasteiger partial charge in [-0.25, -0.2) is 4.98 Å². The molecular weight excluding hydrogens is 366 g/mol. The Labute approximate surface area is 168 Å². The van der Waals surface area contributed by atoms with Gasteiger partial charge in [-0.3, -0.25) is 9.78 Å². The fraction of sp³-hybridized carbons (Fsp3) is 0.174. The van der Waals surface area contributed by atoms with E-state index in [9.17, 15) is 4.79 Å². The van der Waals surface area contributed by atoms with Gasteiger partial charge in [0.1, 0.15) is 0 Å². The highest BCUT2D eigenvalue weighted by atomic mass is 32.1. The zero-order chi connectivity index (χ0) is 19.4. The van der Waals surface area contributed by atoms with Crippen LogP contribution in [-0.4, -0.2) is 15.9 Å². The average Bonchev–Trinajstić information content (AvgIpc) is 3.15. The number of aromatic nitrogens is 2. The number of thiazole rings is 1. The monoisotopic (exact) mass is 387 g/mol. The minimum Gasteiger partial charge on any atom is -0.351 e. The van der Waals surface area contributed by atoms with Gasteiger partial charge in [0.05, 0.1) is 20.6 Å². The van der Waals surface area contributed by atoms with Gasteiger partial charge < -0.3 is 5.32 Å². The number of para-hydroxylation sites is 1. The molecule has 1 N–H and O–H groups in total. The van der Waals surface area contributed by atoms with Crippen LogP contribution in [0, 0.1) is 0 Å². The van der Waals surface area contributed by atoms with Crippen molar-refractivity contribution in [1.29, 1.82) is 0 Å². The lowest BCUT2D eigenvalue weighted by Crippen LogP contribution is -2.43. The average molecular weight is 388 g/mol. The highest BCUT2D eigenvalue weighted by Gasteiger charge is 2.36. The van der Waals surface area contributed by atoms with E-state index >= 15 is 0 Å². The number of pyridine rings is 1. The van der Waals surface area contributed by atoms with Crippen LogP contribution in [0.4, 0.5) is 0 Å². The zero-order valence-electron chi connectivity index (χ0n) is 15.6. The first-order valence-corrected chi connectivity index (χ1v) is 10.0. The van der Waals surface area contributed by atoms with Crippen molar-refractivity contribution in [3.63, 3.8) is 0 Å². The maximum atomic E-state index is 13.3. The Hall–Kier alpha value is -3.05. The van der Waals surface area contributed by atoms with Gasteiger partial charge in [-0.15, -0.1) is 11.3 Å². The lowest BCUT2D eigenvalue weighted by atomic mass is 9.78. The molecule has 4 nitrogen and oxygen atoms in total. The molecule has 0 fully saturated rings. The van der Waals surface area contributed by atoms with Crippen LogP contribution < -0.4 is 5.32 Å². The van der Waals surface area contributed by atoms with Crippen LogP contribution in [0.3, 0.4) is 0 Å². The van der Waals surface area contributed by atoms with Gasteiger partial charge >= 0.3 is 0 Å². The first-order chi connectivity index (χ1) is 13.6. The Kier molecular flexibility index (Phi) is 5.17. The predicted octanol–water partition coefficient (Wildman–Crippen LogP) is 4.51. The number of benzene rings is 2. The van der Waals surface area contributed by atoms with E-state index in [0.717, 1.165) is 26.4 Å². The van der Waals surface area contributed by atoms with Gasteiger partial charge in [0.15, 0.2) is 0 Å². The quantitative estimate of drug-likeness (QED) is 0.530. The molecule has 2 aromatic heterocycles. The van der Waals surface area contributed by atoms with E-state index in [-0.39, 0.29) is 5.91 Å². The molecule has 1 atom stereocenters. The molecule has 140 valence electrons. The summed E-state index contributed by atoms with van der Waals surface area (Å²) in [5, 5.41) is 4.05. The number of amides is 1. The Morgan fingerprint density at radius 2 is 1.82 bits per heavy atom. The number of carbonyl (C=O) groups is 1. The molecule has 5 heteroatoms. The van der Waals surface area contributed by atoms with E-state index < -0.39 is 5.41 Å². The molecule has 0 aliphatic heterocycles. The molecule has 4 aromatic rings. The summed E-state index contributed by atoms with van der Waals surface area (Å²) in [6, 6.07) is 21.9. The predicted molar refractivity (Wildman–Crippen MR) is 113 cm³/mol. The van der Waals surface area contributed by atoms with Crippen molar-refractivity contribution in [3.05, 3.63) is 95.3 Å². The third-order valence-electron chi connectivity index (χ3n) is 4.93. The molecule has 2 aromatic carbocycles. The largest absolute Gasteiger partial charge is 0.351 e. The molecule has 0 saturated heterocycles. The number of fused-ring (bicyclic) bond motifs is 1. The summed E-state index contributed by atoms with van der Waals surface area (Å²) in [5.74, 6) is -0.0122. The third kappa shape index (κ3) is 3.80. The summed E-state index contributed by atoms with van der Waals surface area (Å²) in [4.78, 5) is 22.2. The van der Waals surface area contributed by atoms with Crippen molar-refractivity contribution in [2.45, 2.75) is 25.3 Å². The van der Waals surface area contributed by atoms with Crippen molar-refractivity contribution >= 4 is 27.5 Å². The number of rotatable bonds is 6. The molecule has 1 amide bonds. The summed E-state index contributed by atoms with van der Waals surface area (Å²) < 4.78 is 1.14. The second kappa shape index (κ2) is 7.90. The Morgan fingerprint density at radius 1 is 1.04 bits per heavy atom. The van der Waals surface area contributed by atoms with Crippen molar-refractivity contribution < 1.29 is 4.79 Å². The van der Waals surface area contributed by atoms with Gasteiger partial charge in [-0.2, -0.15) is 0 Å². The third-order valence-corrected chi connectivity index (χ3v) is 5.97. The minimum absolute atomic E-state index is 0.0122. The molecule has 0 spiro atoms. The van der Waals surface area contributed by atoms with Crippen LogP contribution in [-0.2, 0) is 23.2 Å². The van der Waals surface area contributed by atoms with Gasteiger partial charge in [-0.1, -0.05) is 48.5 Å². The normalized spacial score (nSPS) is 13.2. The molecule has 0 aliphatic rings. The number of hydrogen-bond acceptors (Lipinski definition) is 4. The van der Waals surface area contributed by atoms with Crippen LogP contribution >= 0.6 is 11.3 Å². The van der Waals surface area contributed by atoms with Crippen molar-refractivity contribution in [2.24, 2.45) is 0 Å². The summed E-state index contributed by atoms with van der Waals surface area (Å²) in [6.45, 7) is 2.45. The molecule has 0 bridgehead atoms. The smallest absolute Gasteiger partial charge is 0.231 e. The fourth-order valence-corrected chi connectivity index (χ4v) is 4.42. The summed E-state index contributed by atoms with van der Waals surface area (Å²) in [5.41, 5.74) is 2.23. The summed E-state index contributed by atoms with van der Waals surface area (Å²) in [6.07, 6.45) is 4.05. The molecule has 0 saturated carbocycles. The molecule has 2 heterocycles. The summed E-state index contributed by atoms with van der Waals surface area (Å²) in [7, 11) is 0. The Bertz CT molecular complexity index is 1050. The maximum absolute atomic E-state index is 13.3. The molecule has 1 unspecified atom stereocenters. The molecule has 28 heavy (non-hydrogen) atoms. The van der Waals surface area contributed by atoms with E-state index in [4.69, 9.17) is 4.98 Å². The number of carbonyl (C=O) groups excluding carboxylic acids is 1. The number of nitrogens with one attached hydrogen (secondary N) is 1.